The second-order valence-electron chi connectivity index (χ2n) is 4.73. The zero-order valence-electron chi connectivity index (χ0n) is 11.0. The van der Waals surface area contributed by atoms with Crippen LogP contribution in [0.5, 0.6) is 0 Å². The number of nitrogens with zero attached hydrogens (tertiary/aromatic N) is 1. The molecule has 0 spiro atoms. The van der Waals surface area contributed by atoms with Gasteiger partial charge in [0.15, 0.2) is 0 Å². The minimum absolute atomic E-state index is 0.0528. The topological polar surface area (TPSA) is 61.4 Å². The van der Waals surface area contributed by atoms with Crippen LogP contribution in [0.3, 0.4) is 0 Å². The Labute approximate surface area is 103 Å². The number of nitrogens with one attached hydrogen (secondary N) is 2. The molecule has 98 valence electrons. The third-order valence-corrected chi connectivity index (χ3v) is 2.77. The summed E-state index contributed by atoms with van der Waals surface area (Å²) >= 11 is 0. The van der Waals surface area contributed by atoms with Crippen LogP contribution >= 0.6 is 0 Å². The number of hydrogen-bond donors (Lipinski definition) is 2. The Morgan fingerprint density at radius 3 is 2.82 bits per heavy atom. The summed E-state index contributed by atoms with van der Waals surface area (Å²) in [6, 6.07) is 0.00700. The third-order valence-electron chi connectivity index (χ3n) is 2.77. The molecule has 0 saturated carbocycles. The highest BCUT2D eigenvalue weighted by Gasteiger charge is 2.28. The Balaban J connectivity index is 2.47. The van der Waals surface area contributed by atoms with Gasteiger partial charge < -0.3 is 15.5 Å². The summed E-state index contributed by atoms with van der Waals surface area (Å²) < 4.78 is 0. The van der Waals surface area contributed by atoms with Gasteiger partial charge in [-0.3, -0.25) is 9.59 Å². The van der Waals surface area contributed by atoms with E-state index in [9.17, 15) is 9.59 Å². The molecule has 5 heteroatoms. The van der Waals surface area contributed by atoms with Gasteiger partial charge in [-0.25, -0.2) is 0 Å². The number of likely N-dealkylation sites (N-methyl/N-ethyl adjacent to an activating group) is 1. The summed E-state index contributed by atoms with van der Waals surface area (Å²) in [5.74, 6) is -0.0255. The van der Waals surface area contributed by atoms with Crippen LogP contribution in [0.1, 0.15) is 33.6 Å². The van der Waals surface area contributed by atoms with Crippen molar-refractivity contribution in [2.24, 2.45) is 0 Å². The number of amides is 2. The number of hydrogen-bond acceptors (Lipinski definition) is 3. The number of piperidine rings is 1. The molecule has 1 aliphatic heterocycles. The molecule has 1 atom stereocenters. The Hall–Kier alpha value is -1.10. The lowest BCUT2D eigenvalue weighted by Crippen LogP contribution is -2.53. The molecule has 1 unspecified atom stereocenters. The quantitative estimate of drug-likeness (QED) is 0.718. The highest BCUT2D eigenvalue weighted by atomic mass is 16.2. The van der Waals surface area contributed by atoms with Gasteiger partial charge in [0.1, 0.15) is 0 Å². The molecule has 1 saturated heterocycles. The number of carbonyl (C=O) groups is 2. The van der Waals surface area contributed by atoms with Gasteiger partial charge in [0.25, 0.3) is 0 Å². The highest BCUT2D eigenvalue weighted by Crippen LogP contribution is 2.11. The Morgan fingerprint density at radius 1 is 1.53 bits per heavy atom. The molecule has 0 aromatic rings. The summed E-state index contributed by atoms with van der Waals surface area (Å²) in [7, 11) is 0. The second kappa shape index (κ2) is 6.59. The predicted octanol–water partition coefficient (Wildman–Crippen LogP) is 0.112. The van der Waals surface area contributed by atoms with Crippen LogP contribution in [-0.2, 0) is 9.59 Å². The molecule has 0 aliphatic carbocycles. The summed E-state index contributed by atoms with van der Waals surface area (Å²) in [6.45, 7) is 7.46. The zero-order chi connectivity index (χ0) is 12.8. The van der Waals surface area contributed by atoms with Crippen molar-refractivity contribution in [2.45, 2.75) is 45.7 Å². The van der Waals surface area contributed by atoms with Gasteiger partial charge in [0, 0.05) is 12.6 Å². The normalized spacial score (nSPS) is 20.8. The summed E-state index contributed by atoms with van der Waals surface area (Å²) in [4.78, 5) is 25.3. The average Bonchev–Trinajstić information content (AvgIpc) is 2.23. The number of rotatable bonds is 5. The van der Waals surface area contributed by atoms with Gasteiger partial charge in [-0.15, -0.1) is 0 Å². The molecule has 5 nitrogen and oxygen atoms in total. The first-order valence-corrected chi connectivity index (χ1v) is 6.36. The minimum Gasteiger partial charge on any atom is -0.352 e. The molecule has 2 amide bonds. The average molecular weight is 241 g/mol. The van der Waals surface area contributed by atoms with E-state index in [1.54, 1.807) is 4.90 Å². The number of likely N-dealkylation sites (tertiary alicyclic amines) is 1. The van der Waals surface area contributed by atoms with Gasteiger partial charge in [0.05, 0.1) is 12.6 Å². The van der Waals surface area contributed by atoms with E-state index in [1.165, 1.54) is 0 Å². The molecule has 1 heterocycles. The molecule has 2 N–H and O–H groups in total. The van der Waals surface area contributed by atoms with Crippen molar-refractivity contribution >= 4 is 11.8 Å². The first-order valence-electron chi connectivity index (χ1n) is 6.36. The first-order chi connectivity index (χ1) is 8.04. The maximum atomic E-state index is 12.0. The van der Waals surface area contributed by atoms with Gasteiger partial charge in [0.2, 0.25) is 11.8 Å². The monoisotopic (exact) mass is 241 g/mol. The minimum atomic E-state index is -0.111. The SMILES string of the molecule is CCNC1CCCN(CC(=O)NC(C)C)C1=O. The van der Waals surface area contributed by atoms with Crippen molar-refractivity contribution in [3.63, 3.8) is 0 Å². The van der Waals surface area contributed by atoms with Gasteiger partial charge in [-0.1, -0.05) is 6.92 Å². The van der Waals surface area contributed by atoms with Crippen molar-refractivity contribution in [3.05, 3.63) is 0 Å². The summed E-state index contributed by atoms with van der Waals surface area (Å²) in [5.41, 5.74) is 0. The summed E-state index contributed by atoms with van der Waals surface area (Å²) in [5, 5.41) is 5.96. The standard InChI is InChI=1S/C12H23N3O2/c1-4-13-10-6-5-7-15(12(10)17)8-11(16)14-9(2)3/h9-10,13H,4-8H2,1-3H3,(H,14,16). The molecule has 0 aromatic carbocycles. The van der Waals surface area contributed by atoms with Gasteiger partial charge in [-0.05, 0) is 33.2 Å². The molecule has 0 radical (unpaired) electrons. The molecule has 0 aromatic heterocycles. The lowest BCUT2D eigenvalue weighted by Gasteiger charge is -2.32. The van der Waals surface area contributed by atoms with E-state index in [2.05, 4.69) is 10.6 Å². The zero-order valence-corrected chi connectivity index (χ0v) is 11.0. The van der Waals surface area contributed by atoms with E-state index in [0.29, 0.717) is 6.54 Å². The molecule has 1 fully saturated rings. The Bertz CT molecular complexity index is 277. The van der Waals surface area contributed by atoms with E-state index in [4.69, 9.17) is 0 Å². The van der Waals surface area contributed by atoms with E-state index in [0.717, 1.165) is 19.4 Å². The Morgan fingerprint density at radius 2 is 2.24 bits per heavy atom. The predicted molar refractivity (Wildman–Crippen MR) is 66.6 cm³/mol. The van der Waals surface area contributed by atoms with Crippen LogP contribution in [0.2, 0.25) is 0 Å². The van der Waals surface area contributed by atoms with Crippen molar-refractivity contribution in [1.82, 2.24) is 15.5 Å². The van der Waals surface area contributed by atoms with Crippen molar-refractivity contribution in [3.8, 4) is 0 Å². The molecular weight excluding hydrogens is 218 g/mol. The maximum absolute atomic E-state index is 12.0. The van der Waals surface area contributed by atoms with Crippen molar-refractivity contribution in [1.29, 1.82) is 0 Å². The first kappa shape index (κ1) is 14.0. The van der Waals surface area contributed by atoms with Crippen LogP contribution in [0.15, 0.2) is 0 Å². The van der Waals surface area contributed by atoms with Crippen LogP contribution < -0.4 is 10.6 Å². The lowest BCUT2D eigenvalue weighted by atomic mass is 10.0. The summed E-state index contributed by atoms with van der Waals surface area (Å²) in [6.07, 6.45) is 1.83. The third kappa shape index (κ3) is 4.34. The second-order valence-corrected chi connectivity index (χ2v) is 4.73. The maximum Gasteiger partial charge on any atom is 0.240 e. The molecular formula is C12H23N3O2. The fourth-order valence-electron chi connectivity index (χ4n) is 2.07. The molecule has 1 rings (SSSR count). The fraction of sp³-hybridized carbons (Fsp3) is 0.833. The smallest absolute Gasteiger partial charge is 0.240 e. The fourth-order valence-corrected chi connectivity index (χ4v) is 2.07. The van der Waals surface area contributed by atoms with Crippen LogP contribution in [-0.4, -0.2) is 48.4 Å². The van der Waals surface area contributed by atoms with Gasteiger partial charge in [-0.2, -0.15) is 0 Å². The Kier molecular flexibility index (Phi) is 5.41. The lowest BCUT2D eigenvalue weighted by molar-refractivity contribution is -0.140. The van der Waals surface area contributed by atoms with Crippen LogP contribution in [0.25, 0.3) is 0 Å². The van der Waals surface area contributed by atoms with Gasteiger partial charge >= 0.3 is 0 Å². The van der Waals surface area contributed by atoms with E-state index in [1.807, 2.05) is 20.8 Å². The van der Waals surface area contributed by atoms with Crippen molar-refractivity contribution < 1.29 is 9.59 Å². The molecule has 0 bridgehead atoms. The molecule has 1 aliphatic rings. The molecule has 17 heavy (non-hydrogen) atoms. The number of carbonyl (C=O) groups excluding carboxylic acids is 2. The van der Waals surface area contributed by atoms with Crippen LogP contribution in [0.4, 0.5) is 0 Å². The van der Waals surface area contributed by atoms with Crippen LogP contribution in [0, 0.1) is 0 Å². The largest absolute Gasteiger partial charge is 0.352 e. The highest BCUT2D eigenvalue weighted by molar-refractivity contribution is 5.88. The van der Waals surface area contributed by atoms with E-state index < -0.39 is 0 Å². The van der Waals surface area contributed by atoms with E-state index >= 15 is 0 Å². The van der Waals surface area contributed by atoms with E-state index in [-0.39, 0.29) is 30.4 Å². The van der Waals surface area contributed by atoms with Crippen molar-refractivity contribution in [2.75, 3.05) is 19.6 Å².